The van der Waals surface area contributed by atoms with Crippen LogP contribution in [0.2, 0.25) is 8.67 Å². The second-order valence-electron chi connectivity index (χ2n) is 7.40. The van der Waals surface area contributed by atoms with Crippen molar-refractivity contribution in [2.45, 2.75) is 24.9 Å². The molecule has 1 aromatic heterocycles. The fourth-order valence-corrected chi connectivity index (χ4v) is 5.38. The number of hydrogen-bond acceptors (Lipinski definition) is 8. The van der Waals surface area contributed by atoms with Crippen LogP contribution in [0.5, 0.6) is 17.2 Å². The summed E-state index contributed by atoms with van der Waals surface area (Å²) in [4.78, 5) is 27.7. The zero-order chi connectivity index (χ0) is 22.9. The maximum Gasteiger partial charge on any atom is 0.178 e. The highest BCUT2D eigenvalue weighted by atomic mass is 35.5. The second kappa shape index (κ2) is 9.75. The number of halogens is 2. The van der Waals surface area contributed by atoms with E-state index in [4.69, 9.17) is 32.7 Å². The Labute approximate surface area is 194 Å². The number of phenolic OH excluding ortho intramolecular Hbond substituents is 1. The van der Waals surface area contributed by atoms with Gasteiger partial charge in [-0.15, -0.1) is 11.3 Å². The summed E-state index contributed by atoms with van der Waals surface area (Å²) in [5, 5.41) is 21.7. The predicted molar refractivity (Wildman–Crippen MR) is 120 cm³/mol. The number of carbonyl (C=O) groups is 2. The van der Waals surface area contributed by atoms with Crippen molar-refractivity contribution in [3.63, 3.8) is 0 Å². The van der Waals surface area contributed by atoms with E-state index in [1.807, 2.05) is 11.9 Å². The molecule has 0 radical (unpaired) electrons. The smallest absolute Gasteiger partial charge is 0.178 e. The van der Waals surface area contributed by atoms with Crippen molar-refractivity contribution in [2.75, 3.05) is 34.4 Å². The van der Waals surface area contributed by atoms with E-state index in [0.29, 0.717) is 35.2 Å². The van der Waals surface area contributed by atoms with Gasteiger partial charge in [0.2, 0.25) is 0 Å². The molecule has 2 unspecified atom stereocenters. The monoisotopic (exact) mass is 487 g/mol. The number of Topliss-reactive ketones (excluding diaryl/α,β-unsaturated/α-hetero) is 2. The van der Waals surface area contributed by atoms with Gasteiger partial charge in [-0.05, 0) is 26.1 Å². The number of piperidine rings is 1. The van der Waals surface area contributed by atoms with E-state index in [-0.39, 0.29) is 27.0 Å². The second-order valence-corrected chi connectivity index (χ2v) is 9.69. The van der Waals surface area contributed by atoms with Crippen LogP contribution >= 0.6 is 34.5 Å². The molecule has 0 bridgehead atoms. The molecule has 168 valence electrons. The van der Waals surface area contributed by atoms with E-state index in [0.717, 1.165) is 11.3 Å². The van der Waals surface area contributed by atoms with Crippen molar-refractivity contribution < 1.29 is 29.3 Å². The number of likely N-dealkylation sites (N-methyl/N-ethyl adjacent to an activating group) is 1. The molecular weight excluding hydrogens is 465 g/mol. The van der Waals surface area contributed by atoms with Crippen molar-refractivity contribution in [1.82, 2.24) is 4.90 Å². The molecule has 2 heterocycles. The normalized spacial score (nSPS) is 19.3. The van der Waals surface area contributed by atoms with Crippen LogP contribution < -0.4 is 9.47 Å². The number of likely N-dealkylation sites (tertiary alicyclic amines) is 1. The van der Waals surface area contributed by atoms with Crippen molar-refractivity contribution in [1.29, 1.82) is 0 Å². The lowest BCUT2D eigenvalue weighted by atomic mass is 9.84. The minimum absolute atomic E-state index is 0.0766. The van der Waals surface area contributed by atoms with E-state index in [1.54, 1.807) is 0 Å². The summed E-state index contributed by atoms with van der Waals surface area (Å²) < 4.78 is 11.3. The average molecular weight is 488 g/mol. The molecule has 2 N–H and O–H groups in total. The molecular formula is C21H23Cl2NO6S. The molecule has 1 aliphatic rings. The Kier molecular flexibility index (Phi) is 7.49. The first-order chi connectivity index (χ1) is 14.7. The molecule has 3 rings (SSSR count). The first-order valence-corrected chi connectivity index (χ1v) is 11.1. The van der Waals surface area contributed by atoms with E-state index < -0.39 is 30.0 Å². The van der Waals surface area contributed by atoms with E-state index in [1.165, 1.54) is 26.4 Å². The minimum atomic E-state index is -0.761. The fourth-order valence-electron chi connectivity index (χ4n) is 3.88. The molecule has 1 fully saturated rings. The van der Waals surface area contributed by atoms with Gasteiger partial charge in [-0.3, -0.25) is 9.59 Å². The number of β-amino-alcohol motifs (C(OH)–C–C–N with tert-alkyl or cyclic N) is 1. The summed E-state index contributed by atoms with van der Waals surface area (Å²) in [6.45, 7) is 1.12. The Morgan fingerprint density at radius 1 is 1.19 bits per heavy atom. The van der Waals surface area contributed by atoms with Crippen molar-refractivity contribution in [2.24, 2.45) is 0 Å². The van der Waals surface area contributed by atoms with Crippen LogP contribution in [0.3, 0.4) is 0 Å². The molecule has 31 heavy (non-hydrogen) atoms. The molecule has 1 saturated heterocycles. The molecule has 0 aliphatic carbocycles. The number of rotatable bonds is 7. The Morgan fingerprint density at radius 3 is 2.42 bits per heavy atom. The molecule has 0 amide bonds. The largest absolute Gasteiger partial charge is 0.507 e. The molecule has 2 atom stereocenters. The number of phenols is 1. The van der Waals surface area contributed by atoms with Crippen LogP contribution in [0.4, 0.5) is 0 Å². The van der Waals surface area contributed by atoms with Crippen molar-refractivity contribution >= 4 is 46.1 Å². The quantitative estimate of drug-likeness (QED) is 0.449. The number of aromatic hydroxyl groups is 1. The number of hydrogen-bond donors (Lipinski definition) is 2. The minimum Gasteiger partial charge on any atom is -0.507 e. The Morgan fingerprint density at radius 2 is 1.87 bits per heavy atom. The maximum absolute atomic E-state index is 13.1. The molecule has 0 spiro atoms. The van der Waals surface area contributed by atoms with Crippen LogP contribution in [-0.4, -0.2) is 67.1 Å². The average Bonchev–Trinajstić information content (AvgIpc) is 3.05. The van der Waals surface area contributed by atoms with Crippen LogP contribution in [0.25, 0.3) is 0 Å². The summed E-state index contributed by atoms with van der Waals surface area (Å²) in [7, 11) is 4.69. The highest BCUT2D eigenvalue weighted by molar-refractivity contribution is 7.20. The molecule has 2 aromatic rings. The molecule has 0 saturated carbocycles. The zero-order valence-electron chi connectivity index (χ0n) is 17.3. The van der Waals surface area contributed by atoms with Crippen LogP contribution in [0.15, 0.2) is 12.1 Å². The van der Waals surface area contributed by atoms with Gasteiger partial charge >= 0.3 is 0 Å². The van der Waals surface area contributed by atoms with Gasteiger partial charge in [0.1, 0.15) is 27.1 Å². The maximum atomic E-state index is 13.1. The van der Waals surface area contributed by atoms with Gasteiger partial charge in [0, 0.05) is 29.7 Å². The fraction of sp³-hybridized carbons (Fsp3) is 0.429. The SMILES string of the molecule is COc1cc(OC)c(C2CCN(C)CC2O)c(O)c1C(=O)CC(=O)c1cc(Cl)sc1Cl. The van der Waals surface area contributed by atoms with Gasteiger partial charge in [0.05, 0.1) is 31.1 Å². The van der Waals surface area contributed by atoms with Crippen LogP contribution in [0, 0.1) is 0 Å². The van der Waals surface area contributed by atoms with Crippen LogP contribution in [0.1, 0.15) is 45.0 Å². The van der Waals surface area contributed by atoms with Gasteiger partial charge in [0.25, 0.3) is 0 Å². The molecule has 7 nitrogen and oxygen atoms in total. The number of ketones is 2. The first-order valence-electron chi connectivity index (χ1n) is 9.53. The van der Waals surface area contributed by atoms with Gasteiger partial charge in [-0.1, -0.05) is 23.2 Å². The number of benzene rings is 1. The lowest BCUT2D eigenvalue weighted by Crippen LogP contribution is -2.40. The third kappa shape index (κ3) is 4.83. The van der Waals surface area contributed by atoms with Crippen molar-refractivity contribution in [3.8, 4) is 17.2 Å². The predicted octanol–water partition coefficient (Wildman–Crippen LogP) is 4.01. The number of methoxy groups -OCH3 is 2. The Hall–Kier alpha value is -1.84. The van der Waals surface area contributed by atoms with Crippen molar-refractivity contribution in [3.05, 3.63) is 37.5 Å². The van der Waals surface area contributed by atoms with E-state index >= 15 is 0 Å². The highest BCUT2D eigenvalue weighted by Crippen LogP contribution is 2.46. The summed E-state index contributed by atoms with van der Waals surface area (Å²) >= 11 is 13.0. The van der Waals surface area contributed by atoms with E-state index in [2.05, 4.69) is 0 Å². The molecule has 10 heteroatoms. The lowest BCUT2D eigenvalue weighted by molar-refractivity contribution is 0.0618. The molecule has 1 aromatic carbocycles. The number of thiophene rings is 1. The van der Waals surface area contributed by atoms with Crippen LogP contribution in [-0.2, 0) is 0 Å². The zero-order valence-corrected chi connectivity index (χ0v) is 19.6. The number of nitrogens with zero attached hydrogens (tertiary/aromatic N) is 1. The summed E-state index contributed by atoms with van der Waals surface area (Å²) in [6, 6.07) is 2.90. The molecule has 1 aliphatic heterocycles. The standard InChI is InChI=1S/C21H23Cl2NO6S/c1-24-5-4-10(14(27)9-24)18-15(29-2)8-16(30-3)19(20(18)28)13(26)7-12(25)11-6-17(22)31-21(11)23/h6,8,10,14,27-28H,4-5,7,9H2,1-3H3. The highest BCUT2D eigenvalue weighted by Gasteiger charge is 2.35. The summed E-state index contributed by atoms with van der Waals surface area (Å²) in [5.41, 5.74) is 0.356. The van der Waals surface area contributed by atoms with E-state index in [9.17, 15) is 19.8 Å². The number of aliphatic hydroxyl groups is 1. The Bertz CT molecular complexity index is 1010. The van der Waals surface area contributed by atoms with Gasteiger partial charge in [0.15, 0.2) is 11.6 Å². The number of carbonyl (C=O) groups excluding carboxylic acids is 2. The summed E-state index contributed by atoms with van der Waals surface area (Å²) in [5.74, 6) is -1.56. The summed E-state index contributed by atoms with van der Waals surface area (Å²) in [6.07, 6.45) is -0.731. The number of aliphatic hydroxyl groups excluding tert-OH is 1. The number of ether oxygens (including phenoxy) is 2. The van der Waals surface area contributed by atoms with Gasteiger partial charge in [-0.2, -0.15) is 0 Å². The van der Waals surface area contributed by atoms with Gasteiger partial charge < -0.3 is 24.6 Å². The topological polar surface area (TPSA) is 96.3 Å². The first kappa shape index (κ1) is 23.8. The lowest BCUT2D eigenvalue weighted by Gasteiger charge is -2.35. The third-order valence-electron chi connectivity index (χ3n) is 5.42. The van der Waals surface area contributed by atoms with Gasteiger partial charge in [-0.25, -0.2) is 0 Å². The Balaban J connectivity index is 2.01. The third-order valence-corrected chi connectivity index (χ3v) is 6.91.